The van der Waals surface area contributed by atoms with Crippen LogP contribution in [0.25, 0.3) is 0 Å². The van der Waals surface area contributed by atoms with Gasteiger partial charge in [-0.15, -0.1) is 0 Å². The van der Waals surface area contributed by atoms with Gasteiger partial charge in [0, 0.05) is 9.61 Å². The van der Waals surface area contributed by atoms with Crippen molar-refractivity contribution in [2.45, 2.75) is 31.7 Å². The zero-order chi connectivity index (χ0) is 14.7. The molecule has 3 rings (SSSR count). The summed E-state index contributed by atoms with van der Waals surface area (Å²) in [5.41, 5.74) is 4.50. The predicted octanol–water partition coefficient (Wildman–Crippen LogP) is 4.75. The number of rotatable bonds is 3. The fraction of sp³-hybridized carbons (Fsp3) is 0.368. The number of halogens is 1. The highest BCUT2D eigenvalue weighted by Gasteiger charge is 2.26. The summed E-state index contributed by atoms with van der Waals surface area (Å²) in [5.74, 6) is 0.679. The van der Waals surface area contributed by atoms with Crippen LogP contribution in [0.4, 0.5) is 0 Å². The first-order chi connectivity index (χ1) is 10.3. The number of fused-ring (bicyclic) bond motifs is 1. The number of aryl methyl sites for hydroxylation is 1. The molecule has 2 aromatic carbocycles. The van der Waals surface area contributed by atoms with Gasteiger partial charge >= 0.3 is 0 Å². The number of hydrogen-bond acceptors (Lipinski definition) is 1. The van der Waals surface area contributed by atoms with Crippen molar-refractivity contribution in [1.29, 1.82) is 0 Å². The molecule has 0 heterocycles. The van der Waals surface area contributed by atoms with Crippen LogP contribution in [0.15, 0.2) is 48.5 Å². The molecule has 0 spiro atoms. The fourth-order valence-electron chi connectivity index (χ4n) is 3.57. The smallest absolute Gasteiger partial charge is 0.0352 e. The Morgan fingerprint density at radius 1 is 1.10 bits per heavy atom. The van der Waals surface area contributed by atoms with Crippen LogP contribution in [0.3, 0.4) is 0 Å². The van der Waals surface area contributed by atoms with Crippen LogP contribution >= 0.6 is 22.6 Å². The molecule has 0 radical (unpaired) electrons. The molecular weight excluding hydrogens is 369 g/mol. The molecule has 0 saturated heterocycles. The van der Waals surface area contributed by atoms with Crippen molar-refractivity contribution in [3.8, 4) is 0 Å². The largest absolute Gasteiger partial charge is 0.313 e. The number of hydrogen-bond donors (Lipinski definition) is 1. The van der Waals surface area contributed by atoms with E-state index in [1.54, 1.807) is 0 Å². The molecule has 1 aliphatic carbocycles. The van der Waals surface area contributed by atoms with E-state index < -0.39 is 0 Å². The summed E-state index contributed by atoms with van der Waals surface area (Å²) < 4.78 is 1.31. The van der Waals surface area contributed by atoms with Gasteiger partial charge in [0.25, 0.3) is 0 Å². The lowest BCUT2D eigenvalue weighted by atomic mass is 9.86. The van der Waals surface area contributed by atoms with Crippen molar-refractivity contribution < 1.29 is 0 Å². The molecule has 2 atom stereocenters. The van der Waals surface area contributed by atoms with Gasteiger partial charge in [0.15, 0.2) is 0 Å². The summed E-state index contributed by atoms with van der Waals surface area (Å²) in [6.07, 6.45) is 4.98. The van der Waals surface area contributed by atoms with Crippen LogP contribution in [0, 0.1) is 9.49 Å². The van der Waals surface area contributed by atoms with Gasteiger partial charge in [0.2, 0.25) is 0 Å². The molecular formula is C19H22IN. The molecule has 2 aromatic rings. The maximum atomic E-state index is 3.58. The maximum absolute atomic E-state index is 3.58. The minimum atomic E-state index is 0.475. The molecule has 110 valence electrons. The Morgan fingerprint density at radius 3 is 2.62 bits per heavy atom. The van der Waals surface area contributed by atoms with Gasteiger partial charge in [0.1, 0.15) is 0 Å². The minimum Gasteiger partial charge on any atom is -0.313 e. The van der Waals surface area contributed by atoms with E-state index in [1.165, 1.54) is 39.5 Å². The van der Waals surface area contributed by atoms with Gasteiger partial charge < -0.3 is 5.32 Å². The maximum Gasteiger partial charge on any atom is 0.0352 e. The van der Waals surface area contributed by atoms with Gasteiger partial charge in [-0.25, -0.2) is 0 Å². The molecule has 2 unspecified atom stereocenters. The Hall–Kier alpha value is -0.870. The highest BCUT2D eigenvalue weighted by atomic mass is 127. The summed E-state index contributed by atoms with van der Waals surface area (Å²) in [4.78, 5) is 0. The molecule has 2 heteroatoms. The lowest BCUT2D eigenvalue weighted by molar-refractivity contribution is 0.359. The minimum absolute atomic E-state index is 0.475. The second kappa shape index (κ2) is 6.93. The van der Waals surface area contributed by atoms with Crippen LogP contribution < -0.4 is 5.32 Å². The van der Waals surface area contributed by atoms with E-state index in [9.17, 15) is 0 Å². The van der Waals surface area contributed by atoms with Gasteiger partial charge in [0.05, 0.1) is 0 Å². The second-order valence-electron chi connectivity index (χ2n) is 5.95. The van der Waals surface area contributed by atoms with E-state index in [2.05, 4.69) is 83.5 Å². The van der Waals surface area contributed by atoms with Crippen molar-refractivity contribution in [3.63, 3.8) is 0 Å². The zero-order valence-electron chi connectivity index (χ0n) is 12.5. The van der Waals surface area contributed by atoms with Crippen LogP contribution in [0.2, 0.25) is 0 Å². The average Bonchev–Trinajstić information content (AvgIpc) is 2.68. The van der Waals surface area contributed by atoms with Crippen LogP contribution in [-0.2, 0) is 12.8 Å². The molecule has 0 fully saturated rings. The normalized spacial score (nSPS) is 21.6. The predicted molar refractivity (Wildman–Crippen MR) is 97.5 cm³/mol. The standard InChI is InChI=1S/C19H22IN/c1-21-19-16(13-14-9-11-17(20)12-10-14)7-4-6-15-5-2-3-8-18(15)19/h2-3,5,8-12,16,19,21H,4,6-7,13H2,1H3. The third-order valence-electron chi connectivity index (χ3n) is 4.60. The Morgan fingerprint density at radius 2 is 1.86 bits per heavy atom. The molecule has 0 aliphatic heterocycles. The molecule has 0 aromatic heterocycles. The van der Waals surface area contributed by atoms with Crippen molar-refractivity contribution in [3.05, 3.63) is 68.8 Å². The van der Waals surface area contributed by atoms with E-state index in [-0.39, 0.29) is 0 Å². The quantitative estimate of drug-likeness (QED) is 0.589. The molecule has 1 N–H and O–H groups in total. The van der Waals surface area contributed by atoms with Crippen LogP contribution in [0.5, 0.6) is 0 Å². The van der Waals surface area contributed by atoms with Crippen LogP contribution in [-0.4, -0.2) is 7.05 Å². The molecule has 0 saturated carbocycles. The number of nitrogens with one attached hydrogen (secondary N) is 1. The van der Waals surface area contributed by atoms with Crippen molar-refractivity contribution in [2.24, 2.45) is 5.92 Å². The van der Waals surface area contributed by atoms with Crippen molar-refractivity contribution in [1.82, 2.24) is 5.32 Å². The van der Waals surface area contributed by atoms with Crippen LogP contribution in [0.1, 0.15) is 35.6 Å². The summed E-state index contributed by atoms with van der Waals surface area (Å²) in [6, 6.07) is 18.4. The average molecular weight is 391 g/mol. The highest BCUT2D eigenvalue weighted by molar-refractivity contribution is 14.1. The van der Waals surface area contributed by atoms with Gasteiger partial charge in [-0.1, -0.05) is 36.4 Å². The summed E-state index contributed by atoms with van der Waals surface area (Å²) in [6.45, 7) is 0. The van der Waals surface area contributed by atoms with Gasteiger partial charge in [-0.05, 0) is 90.1 Å². The first kappa shape index (κ1) is 15.0. The SMILES string of the molecule is CNC1c2ccccc2CCCC1Cc1ccc(I)cc1. The molecule has 21 heavy (non-hydrogen) atoms. The van der Waals surface area contributed by atoms with Gasteiger partial charge in [-0.3, -0.25) is 0 Å². The fourth-order valence-corrected chi connectivity index (χ4v) is 3.93. The lowest BCUT2D eigenvalue weighted by Gasteiger charge is -2.26. The highest BCUT2D eigenvalue weighted by Crippen LogP contribution is 2.35. The molecule has 0 amide bonds. The summed E-state index contributed by atoms with van der Waals surface area (Å²) >= 11 is 2.37. The third kappa shape index (κ3) is 3.49. The summed E-state index contributed by atoms with van der Waals surface area (Å²) in [7, 11) is 2.10. The van der Waals surface area contributed by atoms with E-state index in [1.807, 2.05) is 0 Å². The molecule has 0 bridgehead atoms. The first-order valence-corrected chi connectivity index (χ1v) is 8.85. The zero-order valence-corrected chi connectivity index (χ0v) is 14.6. The first-order valence-electron chi connectivity index (χ1n) is 7.77. The topological polar surface area (TPSA) is 12.0 Å². The third-order valence-corrected chi connectivity index (χ3v) is 5.32. The lowest BCUT2D eigenvalue weighted by Crippen LogP contribution is -2.26. The Kier molecular flexibility index (Phi) is 4.96. The van der Waals surface area contributed by atoms with E-state index in [4.69, 9.17) is 0 Å². The second-order valence-corrected chi connectivity index (χ2v) is 7.19. The van der Waals surface area contributed by atoms with Crippen molar-refractivity contribution in [2.75, 3.05) is 7.05 Å². The Labute approximate surface area is 141 Å². The monoisotopic (exact) mass is 391 g/mol. The van der Waals surface area contributed by atoms with E-state index in [0.717, 1.165) is 6.42 Å². The Bertz CT molecular complexity index is 591. The number of benzene rings is 2. The molecule has 1 aliphatic rings. The van der Waals surface area contributed by atoms with Gasteiger partial charge in [-0.2, -0.15) is 0 Å². The molecule has 1 nitrogen and oxygen atoms in total. The summed E-state index contributed by atoms with van der Waals surface area (Å²) in [5, 5.41) is 3.58. The van der Waals surface area contributed by atoms with E-state index in [0.29, 0.717) is 12.0 Å². The van der Waals surface area contributed by atoms with E-state index >= 15 is 0 Å². The Balaban J connectivity index is 1.86. The van der Waals surface area contributed by atoms with Crippen molar-refractivity contribution >= 4 is 22.6 Å².